The Bertz CT molecular complexity index is 982. The predicted molar refractivity (Wildman–Crippen MR) is 124 cm³/mol. The van der Waals surface area contributed by atoms with Gasteiger partial charge in [0.2, 0.25) is 5.91 Å². The Morgan fingerprint density at radius 3 is 2.57 bits per heavy atom. The Morgan fingerprint density at radius 1 is 1.00 bits per heavy atom. The minimum atomic E-state index is -0.302. The standard InChI is InChI=1S/C24H23ClN2O2.ClH/c25-20-10-6-11-21(16-20)27-14-13-26-22(24(27)28)15-19-9-4-5-12-23(19)29-17-18-7-2-1-3-8-18;/h1-12,16,22,26H,13-15,17H2;1H. The van der Waals surface area contributed by atoms with E-state index < -0.39 is 0 Å². The summed E-state index contributed by atoms with van der Waals surface area (Å²) in [6, 6.07) is 25.1. The Labute approximate surface area is 188 Å². The first kappa shape index (κ1) is 22.2. The zero-order valence-electron chi connectivity index (χ0n) is 16.5. The van der Waals surface area contributed by atoms with Crippen LogP contribution in [0.25, 0.3) is 0 Å². The van der Waals surface area contributed by atoms with Gasteiger partial charge in [-0.25, -0.2) is 0 Å². The highest BCUT2D eigenvalue weighted by Crippen LogP contribution is 2.25. The van der Waals surface area contributed by atoms with Crippen molar-refractivity contribution in [2.75, 3.05) is 18.0 Å². The van der Waals surface area contributed by atoms with Gasteiger partial charge in [-0.3, -0.25) is 4.79 Å². The van der Waals surface area contributed by atoms with E-state index in [4.69, 9.17) is 16.3 Å². The van der Waals surface area contributed by atoms with Crippen molar-refractivity contribution in [1.82, 2.24) is 5.32 Å². The third kappa shape index (κ3) is 5.33. The molecule has 6 heteroatoms. The number of nitrogens with zero attached hydrogens (tertiary/aromatic N) is 1. The fraction of sp³-hybridized carbons (Fsp3) is 0.208. The summed E-state index contributed by atoms with van der Waals surface area (Å²) < 4.78 is 6.06. The molecule has 3 aromatic rings. The number of hydrogen-bond acceptors (Lipinski definition) is 3. The van der Waals surface area contributed by atoms with E-state index in [9.17, 15) is 4.79 Å². The van der Waals surface area contributed by atoms with Crippen LogP contribution >= 0.6 is 24.0 Å². The van der Waals surface area contributed by atoms with Crippen LogP contribution in [0.5, 0.6) is 5.75 Å². The van der Waals surface area contributed by atoms with E-state index in [1.54, 1.807) is 4.90 Å². The van der Waals surface area contributed by atoms with Crippen LogP contribution in [0.15, 0.2) is 78.9 Å². The van der Waals surface area contributed by atoms with Gasteiger partial charge in [-0.2, -0.15) is 0 Å². The van der Waals surface area contributed by atoms with Crippen molar-refractivity contribution in [3.63, 3.8) is 0 Å². The minimum absolute atomic E-state index is 0. The number of piperazine rings is 1. The van der Waals surface area contributed by atoms with Crippen LogP contribution in [0.1, 0.15) is 11.1 Å². The number of anilines is 1. The van der Waals surface area contributed by atoms with Gasteiger partial charge < -0.3 is 15.0 Å². The second-order valence-electron chi connectivity index (χ2n) is 7.06. The average molecular weight is 443 g/mol. The number of amides is 1. The van der Waals surface area contributed by atoms with Gasteiger partial charge in [0.15, 0.2) is 0 Å². The lowest BCUT2D eigenvalue weighted by Crippen LogP contribution is -2.56. The van der Waals surface area contributed by atoms with Crippen molar-refractivity contribution in [3.8, 4) is 5.75 Å². The molecule has 4 nitrogen and oxygen atoms in total. The largest absolute Gasteiger partial charge is 0.489 e. The molecule has 0 radical (unpaired) electrons. The molecule has 156 valence electrons. The molecule has 1 aliphatic rings. The van der Waals surface area contributed by atoms with Crippen molar-refractivity contribution >= 4 is 35.6 Å². The van der Waals surface area contributed by atoms with Gasteiger partial charge in [0.25, 0.3) is 0 Å². The molecule has 1 atom stereocenters. The molecule has 30 heavy (non-hydrogen) atoms. The molecular formula is C24H24Cl2N2O2. The van der Waals surface area contributed by atoms with E-state index in [-0.39, 0.29) is 24.4 Å². The maximum Gasteiger partial charge on any atom is 0.244 e. The van der Waals surface area contributed by atoms with Crippen LogP contribution in [0.3, 0.4) is 0 Å². The fourth-order valence-corrected chi connectivity index (χ4v) is 3.75. The number of para-hydroxylation sites is 1. The monoisotopic (exact) mass is 442 g/mol. The highest BCUT2D eigenvalue weighted by Gasteiger charge is 2.30. The molecule has 1 amide bonds. The summed E-state index contributed by atoms with van der Waals surface area (Å²) in [6.07, 6.45) is 0.570. The summed E-state index contributed by atoms with van der Waals surface area (Å²) in [7, 11) is 0. The molecule has 0 spiro atoms. The number of rotatable bonds is 6. The van der Waals surface area contributed by atoms with Crippen molar-refractivity contribution in [2.45, 2.75) is 19.1 Å². The quantitative estimate of drug-likeness (QED) is 0.590. The van der Waals surface area contributed by atoms with Gasteiger partial charge in [0.05, 0.1) is 6.04 Å². The maximum absolute atomic E-state index is 13.1. The number of halogens is 2. The lowest BCUT2D eigenvalue weighted by atomic mass is 10.0. The van der Waals surface area contributed by atoms with E-state index in [0.717, 1.165) is 29.1 Å². The summed E-state index contributed by atoms with van der Waals surface area (Å²) in [6.45, 7) is 1.86. The summed E-state index contributed by atoms with van der Waals surface area (Å²) in [5, 5.41) is 3.98. The van der Waals surface area contributed by atoms with Crippen molar-refractivity contribution < 1.29 is 9.53 Å². The molecule has 1 heterocycles. The first-order chi connectivity index (χ1) is 14.2. The molecule has 1 unspecified atom stereocenters. The van der Waals surface area contributed by atoms with Crippen LogP contribution in [-0.2, 0) is 17.8 Å². The maximum atomic E-state index is 13.1. The predicted octanol–water partition coefficient (Wildman–Crippen LogP) is 4.89. The number of ether oxygens (including phenoxy) is 1. The Hall–Kier alpha value is -2.53. The summed E-state index contributed by atoms with van der Waals surface area (Å²) in [5.41, 5.74) is 2.96. The molecule has 1 N–H and O–H groups in total. The smallest absolute Gasteiger partial charge is 0.244 e. The molecule has 0 aliphatic carbocycles. The van der Waals surface area contributed by atoms with E-state index in [0.29, 0.717) is 24.6 Å². The lowest BCUT2D eigenvalue weighted by Gasteiger charge is -2.33. The third-order valence-corrected chi connectivity index (χ3v) is 5.28. The third-order valence-electron chi connectivity index (χ3n) is 5.04. The molecule has 4 rings (SSSR count). The number of carbonyl (C=O) groups excluding carboxylic acids is 1. The minimum Gasteiger partial charge on any atom is -0.489 e. The zero-order valence-corrected chi connectivity index (χ0v) is 18.0. The molecule has 1 saturated heterocycles. The first-order valence-electron chi connectivity index (χ1n) is 9.76. The Balaban J connectivity index is 0.00000256. The topological polar surface area (TPSA) is 41.6 Å². The summed E-state index contributed by atoms with van der Waals surface area (Å²) in [5.74, 6) is 0.863. The van der Waals surface area contributed by atoms with Crippen molar-refractivity contribution in [1.29, 1.82) is 0 Å². The Kier molecular flexibility index (Phi) is 7.75. The van der Waals surface area contributed by atoms with Gasteiger partial charge in [-0.05, 0) is 35.4 Å². The van der Waals surface area contributed by atoms with Gasteiger partial charge >= 0.3 is 0 Å². The Morgan fingerprint density at radius 2 is 1.77 bits per heavy atom. The molecular weight excluding hydrogens is 419 g/mol. The highest BCUT2D eigenvalue weighted by atomic mass is 35.5. The van der Waals surface area contributed by atoms with Crippen LogP contribution in [0, 0.1) is 0 Å². The van der Waals surface area contributed by atoms with E-state index in [2.05, 4.69) is 5.32 Å². The van der Waals surface area contributed by atoms with Crippen LogP contribution < -0.4 is 15.0 Å². The van der Waals surface area contributed by atoms with Gasteiger partial charge in [0.1, 0.15) is 12.4 Å². The molecule has 3 aromatic carbocycles. The fourth-order valence-electron chi connectivity index (χ4n) is 3.56. The number of nitrogens with one attached hydrogen (secondary N) is 1. The zero-order chi connectivity index (χ0) is 20.1. The van der Waals surface area contributed by atoms with Gasteiger partial charge in [0, 0.05) is 30.2 Å². The van der Waals surface area contributed by atoms with Crippen LogP contribution in [0.4, 0.5) is 5.69 Å². The van der Waals surface area contributed by atoms with Crippen molar-refractivity contribution in [2.24, 2.45) is 0 Å². The van der Waals surface area contributed by atoms with E-state index >= 15 is 0 Å². The highest BCUT2D eigenvalue weighted by molar-refractivity contribution is 6.30. The van der Waals surface area contributed by atoms with Gasteiger partial charge in [-0.15, -0.1) is 12.4 Å². The molecule has 1 fully saturated rings. The van der Waals surface area contributed by atoms with Crippen LogP contribution in [-0.4, -0.2) is 25.0 Å². The molecule has 1 aliphatic heterocycles. The molecule has 0 aromatic heterocycles. The SMILES string of the molecule is Cl.O=C1C(Cc2ccccc2OCc2ccccc2)NCCN1c1cccc(Cl)c1. The number of carbonyl (C=O) groups is 1. The lowest BCUT2D eigenvalue weighted by molar-refractivity contribution is -0.121. The van der Waals surface area contributed by atoms with E-state index in [1.165, 1.54) is 0 Å². The van der Waals surface area contributed by atoms with Crippen molar-refractivity contribution in [3.05, 3.63) is 95.0 Å². The normalized spacial score (nSPS) is 16.1. The molecule has 0 saturated carbocycles. The second kappa shape index (κ2) is 10.5. The second-order valence-corrected chi connectivity index (χ2v) is 7.50. The van der Waals surface area contributed by atoms with Gasteiger partial charge in [-0.1, -0.05) is 66.2 Å². The van der Waals surface area contributed by atoms with E-state index in [1.807, 2.05) is 78.9 Å². The first-order valence-corrected chi connectivity index (χ1v) is 10.1. The summed E-state index contributed by atoms with van der Waals surface area (Å²) >= 11 is 6.11. The number of benzene rings is 3. The molecule has 0 bridgehead atoms. The average Bonchev–Trinajstić information content (AvgIpc) is 2.75. The summed E-state index contributed by atoms with van der Waals surface area (Å²) in [4.78, 5) is 14.9. The number of hydrogen-bond donors (Lipinski definition) is 1. The van der Waals surface area contributed by atoms with Crippen LogP contribution in [0.2, 0.25) is 5.02 Å².